The summed E-state index contributed by atoms with van der Waals surface area (Å²) in [7, 11) is 0. The van der Waals surface area contributed by atoms with E-state index < -0.39 is 52.9 Å². The molecule has 0 radical (unpaired) electrons. The summed E-state index contributed by atoms with van der Waals surface area (Å²) in [6.45, 7) is 0.295. The molecular formula is C23H17Cl2F4N3O2. The van der Waals surface area contributed by atoms with Crippen molar-refractivity contribution in [2.75, 3.05) is 0 Å². The zero-order valence-electron chi connectivity index (χ0n) is 19.6. The van der Waals surface area contributed by atoms with E-state index in [0.717, 1.165) is 12.3 Å². The lowest BCUT2D eigenvalue weighted by Crippen LogP contribution is -2.14. The minimum absolute atomic E-state index is 0.000882. The Balaban J connectivity index is 2.04. The Morgan fingerprint density at radius 1 is 1.18 bits per heavy atom. The van der Waals surface area contributed by atoms with Crippen LogP contribution in [0.4, 0.5) is 17.6 Å². The lowest BCUT2D eigenvalue weighted by molar-refractivity contribution is -0.142. The number of nitrogens with zero attached hydrogens (tertiary/aromatic N) is 3. The highest BCUT2D eigenvalue weighted by Gasteiger charge is 2.41. The molecule has 0 aliphatic carbocycles. The molecule has 0 saturated carbocycles. The first kappa shape index (κ1) is 21.6. The second-order valence-electron chi connectivity index (χ2n) is 7.40. The molecule has 0 unspecified atom stereocenters. The Morgan fingerprint density at radius 2 is 1.91 bits per heavy atom. The molecule has 2 aromatic carbocycles. The average Bonchev–Trinajstić information content (AvgIpc) is 3.37. The third-order valence-electron chi connectivity index (χ3n) is 4.62. The summed E-state index contributed by atoms with van der Waals surface area (Å²) in [5.74, 6) is -1.52. The van der Waals surface area contributed by atoms with E-state index in [2.05, 4.69) is 10.3 Å². The molecular weight excluding hydrogens is 497 g/mol. The smallest absolute Gasteiger partial charge is 0.374 e. The van der Waals surface area contributed by atoms with Gasteiger partial charge in [0.2, 0.25) is 0 Å². The third-order valence-corrected chi connectivity index (χ3v) is 5.17. The molecule has 2 heterocycles. The molecule has 0 fully saturated rings. The Kier molecular flexibility index (Phi) is 5.98. The Labute approximate surface area is 204 Å². The van der Waals surface area contributed by atoms with Gasteiger partial charge in [-0.05, 0) is 44.2 Å². The van der Waals surface area contributed by atoms with Gasteiger partial charge in [-0.2, -0.15) is 18.3 Å². The lowest BCUT2D eigenvalue weighted by atomic mass is 10.0. The molecule has 4 aromatic rings. The Hall–Kier alpha value is -2.88. The van der Waals surface area contributed by atoms with Crippen molar-refractivity contribution < 1.29 is 29.6 Å². The lowest BCUT2D eigenvalue weighted by Gasteiger charge is -2.13. The zero-order chi connectivity index (χ0) is 26.4. The number of hydrogen-bond donors (Lipinski definition) is 0. The monoisotopic (exact) mass is 515 g/mol. The second kappa shape index (κ2) is 9.40. The molecule has 0 atom stereocenters. The van der Waals surface area contributed by atoms with E-state index in [1.165, 1.54) is 50.2 Å². The van der Waals surface area contributed by atoms with E-state index in [-0.39, 0.29) is 21.3 Å². The highest BCUT2D eigenvalue weighted by Crippen LogP contribution is 2.43. The number of halogens is 6. The van der Waals surface area contributed by atoms with Crippen LogP contribution in [-0.4, -0.2) is 21.0 Å². The molecule has 4 rings (SSSR count). The van der Waals surface area contributed by atoms with E-state index in [4.69, 9.17) is 35.2 Å². The summed E-state index contributed by atoms with van der Waals surface area (Å²) >= 11 is 12.1. The van der Waals surface area contributed by atoms with Crippen molar-refractivity contribution in [3.63, 3.8) is 0 Å². The molecule has 5 nitrogen and oxygen atoms in total. The van der Waals surface area contributed by atoms with Crippen molar-refractivity contribution in [1.29, 1.82) is 0 Å². The van der Waals surface area contributed by atoms with Gasteiger partial charge in [0, 0.05) is 5.02 Å². The van der Waals surface area contributed by atoms with Gasteiger partial charge in [-0.25, -0.2) is 9.07 Å². The van der Waals surface area contributed by atoms with Crippen molar-refractivity contribution in [3.05, 3.63) is 75.8 Å². The molecule has 2 aromatic heterocycles. The van der Waals surface area contributed by atoms with Gasteiger partial charge in [0.1, 0.15) is 11.5 Å². The van der Waals surface area contributed by atoms with Gasteiger partial charge in [-0.3, -0.25) is 0 Å². The van der Waals surface area contributed by atoms with Crippen molar-refractivity contribution in [2.45, 2.75) is 32.7 Å². The van der Waals surface area contributed by atoms with Gasteiger partial charge in [0.25, 0.3) is 0 Å². The van der Waals surface area contributed by atoms with E-state index in [0.29, 0.717) is 4.68 Å². The van der Waals surface area contributed by atoms with Gasteiger partial charge < -0.3 is 9.26 Å². The van der Waals surface area contributed by atoms with Crippen molar-refractivity contribution >= 4 is 23.2 Å². The number of rotatable bonds is 6. The fourth-order valence-electron chi connectivity index (χ4n) is 3.23. The van der Waals surface area contributed by atoms with Crippen LogP contribution >= 0.6 is 23.2 Å². The summed E-state index contributed by atoms with van der Waals surface area (Å²) in [6, 6.07) is 9.28. The molecule has 0 N–H and O–H groups in total. The Morgan fingerprint density at radius 3 is 2.56 bits per heavy atom. The summed E-state index contributed by atoms with van der Waals surface area (Å²) in [5.41, 5.74) is -3.28. The van der Waals surface area contributed by atoms with Crippen LogP contribution in [-0.2, 0) is 17.5 Å². The van der Waals surface area contributed by atoms with Gasteiger partial charge in [0.15, 0.2) is 11.5 Å². The number of aromatic nitrogens is 3. The maximum Gasteiger partial charge on any atom is 0.434 e. The zero-order valence-corrected chi connectivity index (χ0v) is 19.1. The fourth-order valence-corrected chi connectivity index (χ4v) is 3.67. The standard InChI is InChI=1S/C23H17Cl2F4N3O2/c1-12(2)33-11-16-20(19-17(25)7-4-8-18(19)26)31-34-21(16)15-10-30-32(22(15)23(27,28)29)14-6-3-5-13(24)9-14/h3-10,12H,11H2,1-2H3/i11D2. The first-order valence-electron chi connectivity index (χ1n) is 10.8. The van der Waals surface area contributed by atoms with Crippen LogP contribution in [0.15, 0.2) is 53.2 Å². The van der Waals surface area contributed by atoms with Crippen LogP contribution in [0.2, 0.25) is 10.0 Å². The third kappa shape index (κ3) is 4.68. The van der Waals surface area contributed by atoms with Crippen LogP contribution in [0.25, 0.3) is 28.3 Å². The highest BCUT2D eigenvalue weighted by molar-refractivity contribution is 6.33. The molecule has 0 saturated heterocycles. The predicted molar refractivity (Wildman–Crippen MR) is 119 cm³/mol. The summed E-state index contributed by atoms with van der Waals surface area (Å²) in [6.07, 6.45) is -4.83. The van der Waals surface area contributed by atoms with E-state index in [9.17, 15) is 17.6 Å². The normalized spacial score (nSPS) is 13.3. The van der Waals surface area contributed by atoms with E-state index >= 15 is 0 Å². The fraction of sp³-hybridized carbons (Fsp3) is 0.217. The molecule has 0 spiro atoms. The second-order valence-corrected chi connectivity index (χ2v) is 8.24. The summed E-state index contributed by atoms with van der Waals surface area (Å²) < 4.78 is 86.1. The molecule has 178 valence electrons. The molecule has 0 aliphatic rings. The predicted octanol–water partition coefficient (Wildman–Crippen LogP) is 7.58. The SMILES string of the molecule is [2H]C([2H])(OC(C)C)c1c(-c2c(F)cccc2Cl)noc1-c1cnn(-c2cccc(Cl)c2)c1C(F)(F)F. The topological polar surface area (TPSA) is 53.1 Å². The first-order valence-corrected chi connectivity index (χ1v) is 10.6. The molecule has 0 aliphatic heterocycles. The van der Waals surface area contributed by atoms with E-state index in [1.54, 1.807) is 0 Å². The van der Waals surface area contributed by atoms with Gasteiger partial charge in [-0.1, -0.05) is 40.5 Å². The largest absolute Gasteiger partial charge is 0.434 e. The number of hydrogen-bond acceptors (Lipinski definition) is 4. The van der Waals surface area contributed by atoms with Crippen LogP contribution in [0.3, 0.4) is 0 Å². The molecule has 0 amide bonds. The molecule has 0 bridgehead atoms. The summed E-state index contributed by atoms with van der Waals surface area (Å²) in [4.78, 5) is 0. The van der Waals surface area contributed by atoms with Crippen molar-refractivity contribution in [1.82, 2.24) is 14.9 Å². The quantitative estimate of drug-likeness (QED) is 0.248. The summed E-state index contributed by atoms with van der Waals surface area (Å²) in [5, 5.41) is 7.62. The van der Waals surface area contributed by atoms with Gasteiger partial charge in [0.05, 0.1) is 49.0 Å². The maximum atomic E-state index is 14.8. The van der Waals surface area contributed by atoms with Crippen LogP contribution in [0.5, 0.6) is 0 Å². The first-order chi connectivity index (χ1) is 16.8. The number of benzene rings is 2. The van der Waals surface area contributed by atoms with Crippen molar-refractivity contribution in [3.8, 4) is 28.3 Å². The average molecular weight is 516 g/mol. The number of ether oxygens (including phenoxy) is 1. The maximum absolute atomic E-state index is 14.8. The molecule has 11 heteroatoms. The van der Waals surface area contributed by atoms with E-state index in [1.807, 2.05) is 0 Å². The minimum Gasteiger partial charge on any atom is -0.374 e. The van der Waals surface area contributed by atoms with Gasteiger partial charge >= 0.3 is 6.18 Å². The van der Waals surface area contributed by atoms with Crippen LogP contribution in [0.1, 0.15) is 27.8 Å². The molecule has 34 heavy (non-hydrogen) atoms. The van der Waals surface area contributed by atoms with Crippen molar-refractivity contribution in [2.24, 2.45) is 0 Å². The highest BCUT2D eigenvalue weighted by atomic mass is 35.5. The van der Waals surface area contributed by atoms with Crippen LogP contribution in [0, 0.1) is 5.82 Å². The number of alkyl halides is 3. The minimum atomic E-state index is -4.97. The Bertz CT molecular complexity index is 1400. The van der Waals surface area contributed by atoms with Crippen LogP contribution < -0.4 is 0 Å². The van der Waals surface area contributed by atoms with Gasteiger partial charge in [-0.15, -0.1) is 0 Å².